The Morgan fingerprint density at radius 3 is 2.41 bits per heavy atom. The lowest BCUT2D eigenvalue weighted by Crippen LogP contribution is -2.53. The monoisotopic (exact) mass is 514 g/mol. The van der Waals surface area contributed by atoms with Crippen LogP contribution in [0.4, 0.5) is 4.79 Å². The zero-order valence-corrected chi connectivity index (χ0v) is 21.5. The third-order valence-corrected chi connectivity index (χ3v) is 4.88. The number of ether oxygens (including phenoxy) is 2. The van der Waals surface area contributed by atoms with Gasteiger partial charge in [-0.1, -0.05) is 30.2 Å². The van der Waals surface area contributed by atoms with Gasteiger partial charge in [-0.2, -0.15) is 0 Å². The summed E-state index contributed by atoms with van der Waals surface area (Å²) in [6, 6.07) is 3.87. The number of nitrogens with two attached hydrogens (primary N) is 1. The molecule has 4 amide bonds. The van der Waals surface area contributed by atoms with Crippen LogP contribution in [0, 0.1) is 12.3 Å². The van der Waals surface area contributed by atoms with Crippen molar-refractivity contribution in [3.63, 3.8) is 0 Å². The number of terminal acetylenes is 1. The Hall–Kier alpha value is -4.33. The topological polar surface area (TPSA) is 157 Å². The zero-order chi connectivity index (χ0) is 28.2. The van der Waals surface area contributed by atoms with Crippen molar-refractivity contribution in [3.05, 3.63) is 48.0 Å². The van der Waals surface area contributed by atoms with E-state index in [0.717, 1.165) is 4.90 Å². The van der Waals surface area contributed by atoms with E-state index in [4.69, 9.17) is 16.9 Å². The Morgan fingerprint density at radius 1 is 1.22 bits per heavy atom. The molecule has 0 saturated carbocycles. The molecule has 11 heteroatoms. The lowest BCUT2D eigenvalue weighted by molar-refractivity contribution is -0.144. The van der Waals surface area contributed by atoms with Crippen molar-refractivity contribution in [2.24, 2.45) is 5.73 Å². The van der Waals surface area contributed by atoms with Crippen molar-refractivity contribution in [1.29, 1.82) is 0 Å². The van der Waals surface area contributed by atoms with Crippen LogP contribution in [-0.4, -0.2) is 66.5 Å². The van der Waals surface area contributed by atoms with Gasteiger partial charge in [-0.3, -0.25) is 19.2 Å². The average molecular weight is 515 g/mol. The van der Waals surface area contributed by atoms with E-state index in [2.05, 4.69) is 27.9 Å². The van der Waals surface area contributed by atoms with E-state index in [9.17, 15) is 24.0 Å². The highest BCUT2D eigenvalue weighted by Gasteiger charge is 2.36. The number of hydrogen-bond donors (Lipinski definition) is 3. The van der Waals surface area contributed by atoms with Crippen LogP contribution in [0.2, 0.25) is 0 Å². The molecule has 2 unspecified atom stereocenters. The first-order chi connectivity index (χ1) is 17.3. The van der Waals surface area contributed by atoms with Gasteiger partial charge in [0.15, 0.2) is 0 Å². The molecule has 37 heavy (non-hydrogen) atoms. The first-order valence-corrected chi connectivity index (χ1v) is 11.4. The van der Waals surface area contributed by atoms with Crippen LogP contribution in [0.3, 0.4) is 0 Å². The number of primary amides is 1. The number of alkyl carbamates (subject to hydrolysis) is 1. The molecule has 2 atom stereocenters. The van der Waals surface area contributed by atoms with Crippen molar-refractivity contribution in [1.82, 2.24) is 15.5 Å². The summed E-state index contributed by atoms with van der Waals surface area (Å²) in [6.07, 6.45) is 5.74. The van der Waals surface area contributed by atoms with Crippen molar-refractivity contribution in [3.8, 4) is 12.3 Å². The van der Waals surface area contributed by atoms with Gasteiger partial charge in [0.25, 0.3) is 0 Å². The quantitative estimate of drug-likeness (QED) is 0.215. The van der Waals surface area contributed by atoms with Gasteiger partial charge >= 0.3 is 12.1 Å². The van der Waals surface area contributed by atoms with Crippen LogP contribution in [0.15, 0.2) is 36.9 Å². The largest absolute Gasteiger partial charge is 0.468 e. The molecule has 1 aromatic carbocycles. The Balaban J connectivity index is 3.53. The number of methoxy groups -OCH3 is 1. The van der Waals surface area contributed by atoms with Crippen LogP contribution in [0.5, 0.6) is 0 Å². The number of carbonyl (C=O) groups is 5. The molecule has 11 nitrogen and oxygen atoms in total. The van der Waals surface area contributed by atoms with Gasteiger partial charge in [0.1, 0.15) is 24.2 Å². The first-order valence-electron chi connectivity index (χ1n) is 11.4. The molecule has 1 rings (SSSR count). The average Bonchev–Trinajstić information content (AvgIpc) is 2.83. The van der Waals surface area contributed by atoms with E-state index in [1.165, 1.54) is 13.2 Å². The number of esters is 1. The third kappa shape index (κ3) is 10.0. The van der Waals surface area contributed by atoms with Gasteiger partial charge in [-0.05, 0) is 38.8 Å². The molecule has 0 radical (unpaired) electrons. The van der Waals surface area contributed by atoms with E-state index in [1.807, 2.05) is 0 Å². The highest BCUT2D eigenvalue weighted by Crippen LogP contribution is 2.26. The summed E-state index contributed by atoms with van der Waals surface area (Å²) < 4.78 is 9.83. The molecular formula is C26H34N4O7. The summed E-state index contributed by atoms with van der Waals surface area (Å²) in [7, 11) is 1.17. The highest BCUT2D eigenvalue weighted by atomic mass is 16.6. The van der Waals surface area contributed by atoms with Crippen molar-refractivity contribution in [2.45, 2.75) is 51.3 Å². The number of rotatable bonds is 12. The first kappa shape index (κ1) is 30.7. The molecular weight excluding hydrogens is 480 g/mol. The molecule has 0 spiro atoms. The normalized spacial score (nSPS) is 12.2. The SMILES string of the molecule is C#Cc1ccccc1C(C(=O)NCC(=O)OC)N(CC=C)C(=O)C(CCC(N)=O)NC(=O)OC(C)(C)C. The zero-order valence-electron chi connectivity index (χ0n) is 21.5. The second-order valence-corrected chi connectivity index (χ2v) is 8.91. The Morgan fingerprint density at radius 2 is 1.86 bits per heavy atom. The molecule has 4 N–H and O–H groups in total. The number of nitrogens with zero attached hydrogens (tertiary/aromatic N) is 1. The maximum atomic E-state index is 13.8. The standard InChI is InChI=1S/C26H34N4O7/c1-7-15-30(24(34)19(13-14-20(27)31)29-25(35)37-26(3,4)5)22(23(33)28-16-21(32)36-6)18-12-10-9-11-17(18)8-2/h2,7,9-12,19,22H,1,13-16H2,3-6H3,(H2,27,31)(H,28,33)(H,29,35). The minimum absolute atomic E-state index is 0.142. The lowest BCUT2D eigenvalue weighted by atomic mass is 9.97. The van der Waals surface area contributed by atoms with Crippen LogP contribution in [0.25, 0.3) is 0 Å². The van der Waals surface area contributed by atoms with E-state index in [1.54, 1.807) is 45.0 Å². The van der Waals surface area contributed by atoms with Crippen LogP contribution in [-0.2, 0) is 28.7 Å². The molecule has 0 aliphatic rings. The number of nitrogens with one attached hydrogen (secondary N) is 2. The van der Waals surface area contributed by atoms with E-state index >= 15 is 0 Å². The summed E-state index contributed by atoms with van der Waals surface area (Å²) in [5.74, 6) is -0.363. The number of hydrogen-bond acceptors (Lipinski definition) is 7. The maximum absolute atomic E-state index is 13.8. The predicted octanol–water partition coefficient (Wildman–Crippen LogP) is 1.17. The van der Waals surface area contributed by atoms with E-state index in [0.29, 0.717) is 11.1 Å². The van der Waals surface area contributed by atoms with Gasteiger partial charge in [-0.25, -0.2) is 4.79 Å². The minimum atomic E-state index is -1.32. The van der Waals surface area contributed by atoms with Crippen LogP contribution >= 0.6 is 0 Å². The third-order valence-electron chi connectivity index (χ3n) is 4.88. The molecule has 200 valence electrons. The van der Waals surface area contributed by atoms with Gasteiger partial charge in [0.2, 0.25) is 17.7 Å². The molecule has 0 fully saturated rings. The fourth-order valence-electron chi connectivity index (χ4n) is 3.30. The highest BCUT2D eigenvalue weighted by molar-refractivity contribution is 5.94. The van der Waals surface area contributed by atoms with E-state index in [-0.39, 0.29) is 19.4 Å². The second kappa shape index (κ2) is 14.3. The second-order valence-electron chi connectivity index (χ2n) is 8.91. The summed E-state index contributed by atoms with van der Waals surface area (Å²) >= 11 is 0. The minimum Gasteiger partial charge on any atom is -0.468 e. The molecule has 0 aliphatic carbocycles. The van der Waals surface area contributed by atoms with Crippen molar-refractivity contribution < 1.29 is 33.4 Å². The number of amides is 4. The summed E-state index contributed by atoms with van der Waals surface area (Å²) in [5.41, 5.74) is 5.04. The van der Waals surface area contributed by atoms with Gasteiger partial charge in [0, 0.05) is 18.5 Å². The molecule has 0 saturated heterocycles. The van der Waals surface area contributed by atoms with Gasteiger partial charge in [0.05, 0.1) is 7.11 Å². The van der Waals surface area contributed by atoms with Crippen LogP contribution in [0.1, 0.15) is 50.8 Å². The number of benzene rings is 1. The smallest absolute Gasteiger partial charge is 0.408 e. The molecule has 0 heterocycles. The predicted molar refractivity (Wildman–Crippen MR) is 136 cm³/mol. The van der Waals surface area contributed by atoms with Crippen molar-refractivity contribution >= 4 is 29.8 Å². The van der Waals surface area contributed by atoms with E-state index < -0.39 is 54.0 Å². The number of carbonyl (C=O) groups excluding carboxylic acids is 5. The molecule has 0 aromatic heterocycles. The maximum Gasteiger partial charge on any atom is 0.408 e. The summed E-state index contributed by atoms with van der Waals surface area (Å²) in [6.45, 7) is 8.01. The fraction of sp³-hybridized carbons (Fsp3) is 0.423. The fourth-order valence-corrected chi connectivity index (χ4v) is 3.30. The van der Waals surface area contributed by atoms with Crippen molar-refractivity contribution in [2.75, 3.05) is 20.2 Å². The lowest BCUT2D eigenvalue weighted by Gasteiger charge is -2.34. The molecule has 1 aromatic rings. The molecule has 0 aliphatic heterocycles. The van der Waals surface area contributed by atoms with Gasteiger partial charge in [-0.15, -0.1) is 13.0 Å². The summed E-state index contributed by atoms with van der Waals surface area (Å²) in [4.78, 5) is 63.9. The Kier molecular flexibility index (Phi) is 11.9. The summed E-state index contributed by atoms with van der Waals surface area (Å²) in [5, 5.41) is 4.90. The Labute approximate surface area is 216 Å². The van der Waals surface area contributed by atoms with Crippen LogP contribution < -0.4 is 16.4 Å². The molecule has 0 bridgehead atoms. The van der Waals surface area contributed by atoms with Gasteiger partial charge < -0.3 is 30.7 Å². The Bertz CT molecular complexity index is 1060.